The highest BCUT2D eigenvalue weighted by atomic mass is 15.1. The van der Waals surface area contributed by atoms with Gasteiger partial charge in [-0.2, -0.15) is 0 Å². The molecule has 2 aromatic heterocycles. The van der Waals surface area contributed by atoms with Gasteiger partial charge in [-0.3, -0.25) is 9.97 Å². The number of benzene rings is 2. The molecule has 0 saturated carbocycles. The highest BCUT2D eigenvalue weighted by Crippen LogP contribution is 2.20. The third-order valence-corrected chi connectivity index (χ3v) is 10.1. The lowest BCUT2D eigenvalue weighted by molar-refractivity contribution is 0.609. The molecular formula is C50H66N4. The first-order chi connectivity index (χ1) is 26.6. The maximum atomic E-state index is 4.67. The van der Waals surface area contributed by atoms with Gasteiger partial charge >= 0.3 is 0 Å². The molecule has 4 heteroatoms. The second kappa shape index (κ2) is 25.5. The van der Waals surface area contributed by atoms with Crippen LogP contribution in [0.5, 0.6) is 0 Å². The lowest BCUT2D eigenvalue weighted by atomic mass is 10.1. The minimum absolute atomic E-state index is 0.826. The molecule has 0 radical (unpaired) electrons. The Kier molecular flexibility index (Phi) is 19.9. The number of unbranched alkanes of at least 4 members (excludes halogenated alkanes) is 12. The van der Waals surface area contributed by atoms with Crippen molar-refractivity contribution >= 4 is 11.4 Å². The summed E-state index contributed by atoms with van der Waals surface area (Å²) in [6.07, 6.45) is 24.3. The van der Waals surface area contributed by atoms with E-state index in [1.807, 2.05) is 36.7 Å². The molecule has 4 rings (SSSR count). The van der Waals surface area contributed by atoms with Gasteiger partial charge in [0, 0.05) is 72.2 Å². The second-order valence-corrected chi connectivity index (χ2v) is 14.7. The van der Waals surface area contributed by atoms with Gasteiger partial charge in [0.15, 0.2) is 0 Å². The fraction of sp³-hybridized carbons (Fsp3) is 0.480. The van der Waals surface area contributed by atoms with Crippen LogP contribution in [0.2, 0.25) is 0 Å². The normalized spacial score (nSPS) is 10.7. The Morgan fingerprint density at radius 2 is 0.648 bits per heavy atom. The van der Waals surface area contributed by atoms with Gasteiger partial charge in [0.05, 0.1) is 11.4 Å². The van der Waals surface area contributed by atoms with Gasteiger partial charge in [0.25, 0.3) is 0 Å². The summed E-state index contributed by atoms with van der Waals surface area (Å²) in [7, 11) is 0. The van der Waals surface area contributed by atoms with Gasteiger partial charge in [-0.25, -0.2) is 0 Å². The SMILES string of the molecule is CCCCCCN(CCCCCC)c1ccc(C#Cc2ccc(-c3ccc(C#Cc4ccc(N(CCCCCC)CCCCCC)cc4)cn3)nc2)cc1. The van der Waals surface area contributed by atoms with E-state index in [1.165, 1.54) is 114 Å². The minimum Gasteiger partial charge on any atom is -0.372 e. The molecule has 0 aliphatic rings. The van der Waals surface area contributed by atoms with Crippen LogP contribution in [0.3, 0.4) is 0 Å². The summed E-state index contributed by atoms with van der Waals surface area (Å²) in [5, 5.41) is 0. The molecule has 0 aliphatic heterocycles. The predicted octanol–water partition coefficient (Wildman–Crippen LogP) is 12.9. The summed E-state index contributed by atoms with van der Waals surface area (Å²) < 4.78 is 0. The number of nitrogens with zero attached hydrogens (tertiary/aromatic N) is 4. The van der Waals surface area contributed by atoms with E-state index < -0.39 is 0 Å². The Morgan fingerprint density at radius 3 is 0.926 bits per heavy atom. The molecule has 0 unspecified atom stereocenters. The first-order valence-electron chi connectivity index (χ1n) is 21.3. The molecule has 2 heterocycles. The highest BCUT2D eigenvalue weighted by molar-refractivity contribution is 5.58. The van der Waals surface area contributed by atoms with Gasteiger partial charge in [0.1, 0.15) is 0 Å². The van der Waals surface area contributed by atoms with Gasteiger partial charge in [-0.05, 0) is 98.5 Å². The van der Waals surface area contributed by atoms with E-state index in [1.54, 1.807) is 0 Å². The topological polar surface area (TPSA) is 32.3 Å². The second-order valence-electron chi connectivity index (χ2n) is 14.7. The summed E-state index contributed by atoms with van der Waals surface area (Å²) >= 11 is 0. The average Bonchev–Trinajstić information content (AvgIpc) is 3.22. The summed E-state index contributed by atoms with van der Waals surface area (Å²) in [4.78, 5) is 14.5. The third-order valence-electron chi connectivity index (χ3n) is 10.1. The molecule has 0 spiro atoms. The molecule has 0 atom stereocenters. The van der Waals surface area contributed by atoms with Gasteiger partial charge < -0.3 is 9.80 Å². The van der Waals surface area contributed by atoms with Crippen molar-refractivity contribution in [2.45, 2.75) is 130 Å². The van der Waals surface area contributed by atoms with Crippen molar-refractivity contribution in [1.29, 1.82) is 0 Å². The van der Waals surface area contributed by atoms with Crippen LogP contribution in [-0.4, -0.2) is 36.1 Å². The van der Waals surface area contributed by atoms with Crippen molar-refractivity contribution in [2.24, 2.45) is 0 Å². The van der Waals surface area contributed by atoms with Crippen LogP contribution in [-0.2, 0) is 0 Å². The summed E-state index contributed by atoms with van der Waals surface area (Å²) in [5.41, 5.74) is 8.08. The Morgan fingerprint density at radius 1 is 0.352 bits per heavy atom. The Bertz CT molecular complexity index is 1550. The maximum Gasteiger partial charge on any atom is 0.0887 e. The largest absolute Gasteiger partial charge is 0.372 e. The zero-order valence-electron chi connectivity index (χ0n) is 34.0. The Hall–Kier alpha value is -4.54. The third kappa shape index (κ3) is 15.4. The zero-order valence-corrected chi connectivity index (χ0v) is 34.0. The Labute approximate surface area is 329 Å². The smallest absolute Gasteiger partial charge is 0.0887 e. The molecule has 0 aliphatic carbocycles. The highest BCUT2D eigenvalue weighted by Gasteiger charge is 2.08. The van der Waals surface area contributed by atoms with Crippen LogP contribution < -0.4 is 9.80 Å². The lowest BCUT2D eigenvalue weighted by Gasteiger charge is -2.25. The van der Waals surface area contributed by atoms with E-state index in [2.05, 4.69) is 120 Å². The van der Waals surface area contributed by atoms with Crippen molar-refractivity contribution in [3.05, 3.63) is 107 Å². The van der Waals surface area contributed by atoms with Crippen molar-refractivity contribution in [3.63, 3.8) is 0 Å². The predicted molar refractivity (Wildman–Crippen MR) is 233 cm³/mol. The molecule has 286 valence electrons. The van der Waals surface area contributed by atoms with E-state index in [0.717, 1.165) is 59.8 Å². The molecule has 4 aromatic rings. The van der Waals surface area contributed by atoms with Gasteiger partial charge in [-0.15, -0.1) is 0 Å². The number of anilines is 2. The maximum absolute atomic E-state index is 4.67. The Balaban J connectivity index is 1.32. The fourth-order valence-electron chi connectivity index (χ4n) is 6.70. The van der Waals surface area contributed by atoms with Gasteiger partial charge in [-0.1, -0.05) is 128 Å². The number of aromatic nitrogens is 2. The van der Waals surface area contributed by atoms with Crippen molar-refractivity contribution in [3.8, 4) is 35.1 Å². The molecular weight excluding hydrogens is 657 g/mol. The van der Waals surface area contributed by atoms with Crippen LogP contribution in [0.1, 0.15) is 153 Å². The molecule has 4 nitrogen and oxygen atoms in total. The number of hydrogen-bond acceptors (Lipinski definition) is 4. The number of hydrogen-bond donors (Lipinski definition) is 0. The van der Waals surface area contributed by atoms with Crippen molar-refractivity contribution in [1.82, 2.24) is 9.97 Å². The molecule has 2 aromatic carbocycles. The standard InChI is InChI=1S/C50H66N4/c1-5-9-13-17-37-53(38-18-14-10-6-2)47-31-25-43(26-32-47)21-23-45-29-35-49(51-41-45)50-36-30-46(42-52-50)24-22-44-27-33-48(34-28-44)54(39-19-15-11-7-3)40-20-16-12-8-4/h25-36,41-42H,5-20,37-40H2,1-4H3. The number of rotatable bonds is 23. The van der Waals surface area contributed by atoms with Crippen LogP contribution in [0, 0.1) is 23.7 Å². The first kappa shape index (κ1) is 42.2. The average molecular weight is 723 g/mol. The van der Waals surface area contributed by atoms with Crippen LogP contribution in [0.25, 0.3) is 11.4 Å². The van der Waals surface area contributed by atoms with E-state index in [4.69, 9.17) is 0 Å². The van der Waals surface area contributed by atoms with E-state index in [9.17, 15) is 0 Å². The summed E-state index contributed by atoms with van der Waals surface area (Å²) in [5.74, 6) is 13.3. The van der Waals surface area contributed by atoms with Crippen LogP contribution in [0.4, 0.5) is 11.4 Å². The quantitative estimate of drug-likeness (QED) is 0.0564. The monoisotopic (exact) mass is 723 g/mol. The van der Waals surface area contributed by atoms with E-state index in [0.29, 0.717) is 0 Å². The van der Waals surface area contributed by atoms with Crippen LogP contribution in [0.15, 0.2) is 85.2 Å². The summed E-state index contributed by atoms with van der Waals surface area (Å²) in [6.45, 7) is 13.6. The minimum atomic E-state index is 0.826. The molecule has 0 N–H and O–H groups in total. The molecule has 0 saturated heterocycles. The van der Waals surface area contributed by atoms with Crippen LogP contribution >= 0.6 is 0 Å². The van der Waals surface area contributed by atoms with Gasteiger partial charge in [0.2, 0.25) is 0 Å². The molecule has 0 bridgehead atoms. The van der Waals surface area contributed by atoms with Crippen molar-refractivity contribution < 1.29 is 0 Å². The molecule has 0 fully saturated rings. The fourth-order valence-corrected chi connectivity index (χ4v) is 6.70. The molecule has 0 amide bonds. The van der Waals surface area contributed by atoms with Crippen molar-refractivity contribution in [2.75, 3.05) is 36.0 Å². The van der Waals surface area contributed by atoms with E-state index >= 15 is 0 Å². The first-order valence-corrected chi connectivity index (χ1v) is 21.3. The number of pyridine rings is 2. The summed E-state index contributed by atoms with van der Waals surface area (Å²) in [6, 6.07) is 25.6. The zero-order chi connectivity index (χ0) is 38.1. The molecule has 54 heavy (non-hydrogen) atoms. The van der Waals surface area contributed by atoms with E-state index in [-0.39, 0.29) is 0 Å². The lowest BCUT2D eigenvalue weighted by Crippen LogP contribution is -2.25.